The molecule has 1 saturated heterocycles. The molecule has 2 unspecified atom stereocenters. The first kappa shape index (κ1) is 21.0. The molecule has 2 atom stereocenters. The molecule has 3 heterocycles. The van der Waals surface area contributed by atoms with Gasteiger partial charge in [-0.2, -0.15) is 0 Å². The molecule has 2 aliphatic heterocycles. The highest BCUT2D eigenvalue weighted by Crippen LogP contribution is 2.30. The van der Waals surface area contributed by atoms with E-state index in [1.165, 1.54) is 11.3 Å². The van der Waals surface area contributed by atoms with Crippen molar-refractivity contribution < 1.29 is 19.5 Å². The van der Waals surface area contributed by atoms with Crippen LogP contribution in [0.3, 0.4) is 0 Å². The summed E-state index contributed by atoms with van der Waals surface area (Å²) < 4.78 is 0. The highest BCUT2D eigenvalue weighted by atomic mass is 32.1. The van der Waals surface area contributed by atoms with Gasteiger partial charge in [0.2, 0.25) is 5.91 Å². The van der Waals surface area contributed by atoms with Crippen molar-refractivity contribution in [2.24, 2.45) is 0 Å². The van der Waals surface area contributed by atoms with E-state index in [0.717, 1.165) is 11.1 Å². The Bertz CT molecular complexity index is 1250. The van der Waals surface area contributed by atoms with Gasteiger partial charge in [0.1, 0.15) is 11.8 Å². The van der Waals surface area contributed by atoms with Gasteiger partial charge in [0, 0.05) is 6.54 Å². The lowest BCUT2D eigenvalue weighted by atomic mass is 10.1. The molecule has 3 N–H and O–H groups in total. The van der Waals surface area contributed by atoms with Gasteiger partial charge in [0.25, 0.3) is 11.8 Å². The second-order valence-corrected chi connectivity index (χ2v) is 8.96. The van der Waals surface area contributed by atoms with Crippen molar-refractivity contribution in [1.82, 2.24) is 10.2 Å². The zero-order valence-electron chi connectivity index (χ0n) is 17.5. The Balaban J connectivity index is 1.38. The molecule has 1 fully saturated rings. The number of carbonyl (C=O) groups is 3. The summed E-state index contributed by atoms with van der Waals surface area (Å²) in [4.78, 5) is 41.0. The number of rotatable bonds is 4. The maximum atomic E-state index is 13.4. The van der Waals surface area contributed by atoms with Crippen LogP contribution in [0.2, 0.25) is 0 Å². The number of fused-ring (bicyclic) bond motifs is 2. The number of phenols is 1. The number of hydrogen-bond acceptors (Lipinski definition) is 5. The van der Waals surface area contributed by atoms with Crippen LogP contribution in [0.1, 0.15) is 37.6 Å². The van der Waals surface area contributed by atoms with E-state index in [1.54, 1.807) is 53.4 Å². The van der Waals surface area contributed by atoms with Crippen molar-refractivity contribution in [2.75, 3.05) is 11.9 Å². The van der Waals surface area contributed by atoms with E-state index >= 15 is 0 Å². The molecule has 3 amide bonds. The molecule has 2 aromatic carbocycles. The lowest BCUT2D eigenvalue weighted by Crippen LogP contribution is -2.51. The predicted octanol–water partition coefficient (Wildman–Crippen LogP) is 3.59. The molecule has 2 aliphatic rings. The van der Waals surface area contributed by atoms with Crippen LogP contribution in [0.15, 0.2) is 60.0 Å². The molecule has 1 aromatic heterocycles. The van der Waals surface area contributed by atoms with E-state index in [2.05, 4.69) is 10.6 Å². The lowest BCUT2D eigenvalue weighted by molar-refractivity contribution is -0.120. The Morgan fingerprint density at radius 3 is 2.61 bits per heavy atom. The van der Waals surface area contributed by atoms with Gasteiger partial charge in [0.15, 0.2) is 0 Å². The number of benzene rings is 2. The summed E-state index contributed by atoms with van der Waals surface area (Å²) in [5.74, 6) is -0.575. The van der Waals surface area contributed by atoms with E-state index < -0.39 is 12.1 Å². The van der Waals surface area contributed by atoms with E-state index in [1.807, 2.05) is 23.6 Å². The van der Waals surface area contributed by atoms with Crippen LogP contribution < -0.4 is 10.6 Å². The smallest absolute Gasteiger partial charge is 0.261 e. The SMILES string of the molecule is O=C(NC1CCN2C(=O)c3cc(C=Cc4ccc(O)cc4)ccc3NC(=O)C12)c1cccs1. The topological polar surface area (TPSA) is 98.7 Å². The molecule has 7 nitrogen and oxygen atoms in total. The van der Waals surface area contributed by atoms with Crippen molar-refractivity contribution in [2.45, 2.75) is 18.5 Å². The maximum absolute atomic E-state index is 13.4. The number of nitrogens with one attached hydrogen (secondary N) is 2. The molecule has 0 spiro atoms. The van der Waals surface area contributed by atoms with Crippen molar-refractivity contribution >= 4 is 46.9 Å². The number of anilines is 1. The zero-order chi connectivity index (χ0) is 22.9. The molecule has 0 saturated carbocycles. The van der Waals surface area contributed by atoms with Crippen LogP contribution in [-0.2, 0) is 4.79 Å². The van der Waals surface area contributed by atoms with Gasteiger partial charge >= 0.3 is 0 Å². The normalized spacial score (nSPS) is 19.7. The molecule has 0 aliphatic carbocycles. The summed E-state index contributed by atoms with van der Waals surface area (Å²) in [5, 5.41) is 17.0. The van der Waals surface area contributed by atoms with Crippen LogP contribution in [-0.4, -0.2) is 46.4 Å². The Morgan fingerprint density at radius 2 is 1.85 bits per heavy atom. The largest absolute Gasteiger partial charge is 0.508 e. The highest BCUT2D eigenvalue weighted by Gasteiger charge is 2.45. The number of carbonyl (C=O) groups excluding carboxylic acids is 3. The minimum atomic E-state index is -0.759. The van der Waals surface area contributed by atoms with Gasteiger partial charge in [-0.25, -0.2) is 0 Å². The first-order valence-electron chi connectivity index (χ1n) is 10.6. The number of aromatic hydroxyl groups is 1. The second-order valence-electron chi connectivity index (χ2n) is 8.01. The Labute approximate surface area is 194 Å². The minimum absolute atomic E-state index is 0.198. The van der Waals surface area contributed by atoms with E-state index in [-0.39, 0.29) is 23.5 Å². The molecule has 0 bridgehead atoms. The van der Waals surface area contributed by atoms with Crippen molar-refractivity contribution in [3.8, 4) is 5.75 Å². The molecule has 33 heavy (non-hydrogen) atoms. The molecule has 3 aromatic rings. The number of amides is 3. The zero-order valence-corrected chi connectivity index (χ0v) is 18.3. The molecular formula is C25H21N3O4S. The van der Waals surface area contributed by atoms with Gasteiger partial charge in [-0.3, -0.25) is 14.4 Å². The minimum Gasteiger partial charge on any atom is -0.508 e. The van der Waals surface area contributed by atoms with Crippen molar-refractivity contribution in [3.05, 3.63) is 81.5 Å². The summed E-state index contributed by atoms with van der Waals surface area (Å²) in [6, 6.07) is 14.4. The molecule has 5 rings (SSSR count). The Morgan fingerprint density at radius 1 is 1.09 bits per heavy atom. The Hall–Kier alpha value is -3.91. The summed E-state index contributed by atoms with van der Waals surface area (Å²) in [6.07, 6.45) is 4.27. The fourth-order valence-corrected chi connectivity index (χ4v) is 4.86. The van der Waals surface area contributed by atoms with Crippen LogP contribution in [0.4, 0.5) is 5.69 Å². The van der Waals surface area contributed by atoms with Gasteiger partial charge in [-0.1, -0.05) is 36.4 Å². The van der Waals surface area contributed by atoms with Crippen LogP contribution in [0.25, 0.3) is 12.2 Å². The second kappa shape index (κ2) is 8.55. The number of nitrogens with zero attached hydrogens (tertiary/aromatic N) is 1. The Kier molecular flexibility index (Phi) is 5.43. The molecule has 0 radical (unpaired) electrons. The van der Waals surface area contributed by atoms with Gasteiger partial charge < -0.3 is 20.6 Å². The third-order valence-corrected chi connectivity index (χ3v) is 6.75. The van der Waals surface area contributed by atoms with Crippen molar-refractivity contribution in [1.29, 1.82) is 0 Å². The monoisotopic (exact) mass is 459 g/mol. The number of hydrogen-bond donors (Lipinski definition) is 3. The van der Waals surface area contributed by atoms with Gasteiger partial charge in [-0.15, -0.1) is 11.3 Å². The third-order valence-electron chi connectivity index (χ3n) is 5.88. The van der Waals surface area contributed by atoms with E-state index in [0.29, 0.717) is 29.1 Å². The lowest BCUT2D eigenvalue weighted by Gasteiger charge is -2.24. The number of thiophene rings is 1. The maximum Gasteiger partial charge on any atom is 0.261 e. The molecular weight excluding hydrogens is 438 g/mol. The first-order chi connectivity index (χ1) is 16.0. The molecule has 166 valence electrons. The van der Waals surface area contributed by atoms with Crippen LogP contribution >= 0.6 is 11.3 Å². The summed E-state index contributed by atoms with van der Waals surface area (Å²) >= 11 is 1.33. The van der Waals surface area contributed by atoms with Crippen LogP contribution in [0.5, 0.6) is 5.75 Å². The van der Waals surface area contributed by atoms with E-state index in [4.69, 9.17) is 0 Å². The number of phenolic OH excluding ortho intramolecular Hbond substituents is 1. The fourth-order valence-electron chi connectivity index (χ4n) is 4.23. The summed E-state index contributed by atoms with van der Waals surface area (Å²) in [5.41, 5.74) is 2.60. The van der Waals surface area contributed by atoms with Crippen molar-refractivity contribution in [3.63, 3.8) is 0 Å². The average molecular weight is 460 g/mol. The predicted molar refractivity (Wildman–Crippen MR) is 127 cm³/mol. The average Bonchev–Trinajstić information content (AvgIpc) is 3.47. The van der Waals surface area contributed by atoms with E-state index in [9.17, 15) is 19.5 Å². The van der Waals surface area contributed by atoms with Crippen LogP contribution in [0, 0.1) is 0 Å². The fraction of sp³-hybridized carbons (Fsp3) is 0.160. The standard InChI is InChI=1S/C25H21N3O4S/c29-17-8-5-15(6-9-17)3-4-16-7-10-19-18(14-16)25(32)28-12-11-20(22(28)24(31)26-19)27-23(30)21-2-1-13-33-21/h1-10,13-14,20,22,29H,11-12H2,(H,26,31)(H,27,30). The third kappa shape index (κ3) is 4.12. The molecule has 8 heteroatoms. The highest BCUT2D eigenvalue weighted by molar-refractivity contribution is 7.12. The van der Waals surface area contributed by atoms with Gasteiger partial charge in [-0.05, 0) is 53.3 Å². The first-order valence-corrected chi connectivity index (χ1v) is 11.4. The van der Waals surface area contributed by atoms with Gasteiger partial charge in [0.05, 0.1) is 22.2 Å². The summed E-state index contributed by atoms with van der Waals surface area (Å²) in [7, 11) is 0. The summed E-state index contributed by atoms with van der Waals surface area (Å²) in [6.45, 7) is 0.388. The quantitative estimate of drug-likeness (QED) is 0.519.